The zero-order valence-corrected chi connectivity index (χ0v) is 14.9. The Hall–Kier alpha value is -3.82. The summed E-state index contributed by atoms with van der Waals surface area (Å²) in [5, 5.41) is 14.9. The van der Waals surface area contributed by atoms with E-state index >= 15 is 0 Å². The number of nitrogens with zero attached hydrogens (tertiary/aromatic N) is 2. The molecule has 2 aromatic carbocycles. The van der Waals surface area contributed by atoms with Gasteiger partial charge in [0.15, 0.2) is 29.6 Å². The zero-order chi connectivity index (χ0) is 19.9. The van der Waals surface area contributed by atoms with Crippen LogP contribution >= 0.6 is 0 Å². The fraction of sp³-hybridized carbons (Fsp3) is 0.222. The van der Waals surface area contributed by atoms with Gasteiger partial charge in [-0.3, -0.25) is 14.9 Å². The van der Waals surface area contributed by atoms with Crippen molar-refractivity contribution in [3.8, 4) is 23.0 Å². The van der Waals surface area contributed by atoms with Crippen LogP contribution in [0.15, 0.2) is 41.5 Å². The number of ether oxygens (including phenoxy) is 4. The minimum atomic E-state index is -0.571. The first-order valence-electron chi connectivity index (χ1n) is 8.33. The van der Waals surface area contributed by atoms with Gasteiger partial charge in [0.2, 0.25) is 6.79 Å². The topological polar surface area (TPSA) is 122 Å². The third-order valence-electron chi connectivity index (χ3n) is 3.62. The van der Waals surface area contributed by atoms with Crippen molar-refractivity contribution < 1.29 is 28.7 Å². The van der Waals surface area contributed by atoms with Gasteiger partial charge in [0.05, 0.1) is 29.4 Å². The van der Waals surface area contributed by atoms with Crippen molar-refractivity contribution in [2.45, 2.75) is 6.92 Å². The molecule has 0 saturated carbocycles. The zero-order valence-electron chi connectivity index (χ0n) is 14.9. The minimum absolute atomic E-state index is 0.00955. The van der Waals surface area contributed by atoms with Crippen LogP contribution < -0.4 is 24.4 Å². The molecular weight excluding hydrogens is 370 g/mol. The van der Waals surface area contributed by atoms with Gasteiger partial charge in [-0.1, -0.05) is 12.1 Å². The van der Waals surface area contributed by atoms with Crippen molar-refractivity contribution in [1.29, 1.82) is 0 Å². The first-order valence-corrected chi connectivity index (χ1v) is 8.33. The SMILES string of the molecule is CCOc1ccccc1OCC(=O)N/N=C/c1cc2c(cc1[N+](=O)[O-])OCO2. The highest BCUT2D eigenvalue weighted by Crippen LogP contribution is 2.37. The van der Waals surface area contributed by atoms with Crippen molar-refractivity contribution in [1.82, 2.24) is 5.43 Å². The van der Waals surface area contributed by atoms with Crippen molar-refractivity contribution in [2.75, 3.05) is 20.0 Å². The molecule has 0 spiro atoms. The van der Waals surface area contributed by atoms with E-state index in [0.717, 1.165) is 6.21 Å². The van der Waals surface area contributed by atoms with Gasteiger partial charge in [-0.2, -0.15) is 5.10 Å². The molecule has 1 heterocycles. The summed E-state index contributed by atoms with van der Waals surface area (Å²) in [5.74, 6) is 1.07. The monoisotopic (exact) mass is 387 g/mol. The van der Waals surface area contributed by atoms with Gasteiger partial charge in [0, 0.05) is 0 Å². The molecule has 1 N–H and O–H groups in total. The largest absolute Gasteiger partial charge is 0.490 e. The first kappa shape index (κ1) is 19.0. The summed E-state index contributed by atoms with van der Waals surface area (Å²) in [7, 11) is 0. The van der Waals surface area contributed by atoms with Crippen LogP contribution in [0.1, 0.15) is 12.5 Å². The Morgan fingerprint density at radius 2 is 1.93 bits per heavy atom. The first-order chi connectivity index (χ1) is 13.6. The standard InChI is InChI=1S/C18H17N3O7/c1-2-25-14-5-3-4-6-15(14)26-10-18(22)20-19-9-12-7-16-17(28-11-27-16)8-13(12)21(23)24/h3-9H,2,10-11H2,1H3,(H,20,22)/b19-9+. The maximum absolute atomic E-state index is 11.9. The highest BCUT2D eigenvalue weighted by Gasteiger charge is 2.22. The van der Waals surface area contributed by atoms with Crippen LogP contribution in [-0.4, -0.2) is 37.1 Å². The molecule has 1 aliphatic rings. The van der Waals surface area contributed by atoms with Gasteiger partial charge < -0.3 is 18.9 Å². The van der Waals surface area contributed by atoms with Gasteiger partial charge >= 0.3 is 0 Å². The van der Waals surface area contributed by atoms with Crippen LogP contribution in [0, 0.1) is 10.1 Å². The second-order valence-corrected chi connectivity index (χ2v) is 5.48. The lowest BCUT2D eigenvalue weighted by Gasteiger charge is -2.10. The fourth-order valence-corrected chi connectivity index (χ4v) is 2.40. The van der Waals surface area contributed by atoms with Gasteiger partial charge in [-0.05, 0) is 25.1 Å². The molecule has 1 amide bonds. The Morgan fingerprint density at radius 3 is 2.61 bits per heavy atom. The molecule has 146 valence electrons. The predicted molar refractivity (Wildman–Crippen MR) is 98.1 cm³/mol. The molecule has 0 bridgehead atoms. The third-order valence-corrected chi connectivity index (χ3v) is 3.62. The summed E-state index contributed by atoms with van der Waals surface area (Å²) in [6.07, 6.45) is 1.16. The number of carbonyl (C=O) groups excluding carboxylic acids is 1. The van der Waals surface area contributed by atoms with Crippen LogP contribution in [0.5, 0.6) is 23.0 Å². The van der Waals surface area contributed by atoms with Gasteiger partial charge in [0.1, 0.15) is 0 Å². The maximum atomic E-state index is 11.9. The number of nitrogens with one attached hydrogen (secondary N) is 1. The van der Waals surface area contributed by atoms with Crippen LogP contribution in [0.2, 0.25) is 0 Å². The molecule has 0 saturated heterocycles. The van der Waals surface area contributed by atoms with Crippen molar-refractivity contribution in [2.24, 2.45) is 5.10 Å². The van der Waals surface area contributed by atoms with E-state index < -0.39 is 10.8 Å². The molecule has 2 aromatic rings. The Labute approximate surface area is 159 Å². The second-order valence-electron chi connectivity index (χ2n) is 5.48. The quantitative estimate of drug-likeness (QED) is 0.419. The number of amides is 1. The highest BCUT2D eigenvalue weighted by atomic mass is 16.7. The van der Waals surface area contributed by atoms with E-state index in [-0.39, 0.29) is 30.4 Å². The van der Waals surface area contributed by atoms with E-state index in [0.29, 0.717) is 23.9 Å². The number of nitro benzene ring substituents is 1. The van der Waals surface area contributed by atoms with Crippen LogP contribution in [0.4, 0.5) is 5.69 Å². The Balaban J connectivity index is 1.61. The molecule has 10 heteroatoms. The lowest BCUT2D eigenvalue weighted by atomic mass is 10.1. The molecule has 0 atom stereocenters. The number of hydrogen-bond acceptors (Lipinski definition) is 8. The number of nitro groups is 1. The Morgan fingerprint density at radius 1 is 1.25 bits per heavy atom. The average Bonchev–Trinajstić information content (AvgIpc) is 3.14. The molecule has 0 radical (unpaired) electrons. The summed E-state index contributed by atoms with van der Waals surface area (Å²) in [6.45, 7) is 1.99. The molecule has 0 fully saturated rings. The molecule has 0 aliphatic carbocycles. The van der Waals surface area contributed by atoms with E-state index in [4.69, 9.17) is 18.9 Å². The molecule has 0 unspecified atom stereocenters. The van der Waals surface area contributed by atoms with E-state index in [1.54, 1.807) is 24.3 Å². The van der Waals surface area contributed by atoms with E-state index in [1.807, 2.05) is 6.92 Å². The van der Waals surface area contributed by atoms with Crippen LogP contribution in [0.3, 0.4) is 0 Å². The number of hydrazone groups is 1. The molecule has 0 aromatic heterocycles. The average molecular weight is 387 g/mol. The third kappa shape index (κ3) is 4.47. The second kappa shape index (κ2) is 8.71. The fourth-order valence-electron chi connectivity index (χ4n) is 2.40. The van der Waals surface area contributed by atoms with E-state index in [2.05, 4.69) is 10.5 Å². The van der Waals surface area contributed by atoms with Gasteiger partial charge in [-0.15, -0.1) is 0 Å². The molecule has 3 rings (SSSR count). The van der Waals surface area contributed by atoms with E-state index in [1.165, 1.54) is 12.1 Å². The lowest BCUT2D eigenvalue weighted by molar-refractivity contribution is -0.385. The van der Waals surface area contributed by atoms with Gasteiger partial charge in [-0.25, -0.2) is 5.43 Å². The predicted octanol–water partition coefficient (Wildman–Crippen LogP) is 2.25. The number of rotatable bonds is 8. The molecule has 28 heavy (non-hydrogen) atoms. The van der Waals surface area contributed by atoms with Crippen molar-refractivity contribution in [3.63, 3.8) is 0 Å². The molecular formula is C18H17N3O7. The summed E-state index contributed by atoms with van der Waals surface area (Å²) in [6, 6.07) is 9.63. The minimum Gasteiger partial charge on any atom is -0.490 e. The summed E-state index contributed by atoms with van der Waals surface area (Å²) >= 11 is 0. The Bertz CT molecular complexity index is 914. The van der Waals surface area contributed by atoms with E-state index in [9.17, 15) is 14.9 Å². The van der Waals surface area contributed by atoms with Crippen LogP contribution in [-0.2, 0) is 4.79 Å². The number of carbonyl (C=O) groups is 1. The lowest BCUT2D eigenvalue weighted by Crippen LogP contribution is -2.24. The normalized spacial score (nSPS) is 12.0. The van der Waals surface area contributed by atoms with Crippen molar-refractivity contribution in [3.05, 3.63) is 52.1 Å². The van der Waals surface area contributed by atoms with Crippen molar-refractivity contribution >= 4 is 17.8 Å². The number of fused-ring (bicyclic) bond motifs is 1. The molecule has 10 nitrogen and oxygen atoms in total. The number of hydrogen-bond donors (Lipinski definition) is 1. The smallest absolute Gasteiger partial charge is 0.282 e. The maximum Gasteiger partial charge on any atom is 0.282 e. The summed E-state index contributed by atoms with van der Waals surface area (Å²) in [5.41, 5.74) is 2.20. The molecule has 1 aliphatic heterocycles. The summed E-state index contributed by atoms with van der Waals surface area (Å²) in [4.78, 5) is 22.5. The number of para-hydroxylation sites is 2. The van der Waals surface area contributed by atoms with Crippen LogP contribution in [0.25, 0.3) is 0 Å². The summed E-state index contributed by atoms with van der Waals surface area (Å²) < 4.78 is 21.1. The van der Waals surface area contributed by atoms with Gasteiger partial charge in [0.25, 0.3) is 11.6 Å². The Kier molecular flexibility index (Phi) is 5.90. The highest BCUT2D eigenvalue weighted by molar-refractivity contribution is 5.88. The number of benzene rings is 2.